The zero-order chi connectivity index (χ0) is 12.3. The molecule has 1 aromatic heterocycles. The second kappa shape index (κ2) is 5.57. The quantitative estimate of drug-likeness (QED) is 0.823. The van der Waals surface area contributed by atoms with Crippen molar-refractivity contribution in [2.45, 2.75) is 31.9 Å². The summed E-state index contributed by atoms with van der Waals surface area (Å²) in [4.78, 5) is 16.2. The summed E-state index contributed by atoms with van der Waals surface area (Å²) in [5.74, 6) is -0.119. The number of hydrogen-bond donors (Lipinski definition) is 2. The summed E-state index contributed by atoms with van der Waals surface area (Å²) in [6.07, 6.45) is 1.68. The highest BCUT2D eigenvalue weighted by atomic mass is 32.1. The van der Waals surface area contributed by atoms with Crippen LogP contribution in [0.25, 0.3) is 0 Å². The fourth-order valence-corrected chi connectivity index (χ4v) is 2.61. The normalized spacial score (nSPS) is 23.9. The Morgan fingerprint density at radius 2 is 2.59 bits per heavy atom. The molecule has 0 radical (unpaired) electrons. The molecule has 2 rings (SSSR count). The zero-order valence-corrected chi connectivity index (χ0v) is 10.6. The van der Waals surface area contributed by atoms with Crippen molar-refractivity contribution < 1.29 is 9.53 Å². The van der Waals surface area contributed by atoms with Gasteiger partial charge in [0.25, 0.3) is 5.91 Å². The van der Waals surface area contributed by atoms with Crippen molar-refractivity contribution >= 4 is 17.2 Å². The zero-order valence-electron chi connectivity index (χ0n) is 9.81. The number of nitrogens with zero attached hydrogens (tertiary/aromatic N) is 1. The van der Waals surface area contributed by atoms with Gasteiger partial charge in [0.05, 0.1) is 17.2 Å². The molecule has 1 aliphatic rings. The molecule has 17 heavy (non-hydrogen) atoms. The molecule has 2 atom stereocenters. The summed E-state index contributed by atoms with van der Waals surface area (Å²) in [6, 6.07) is 0.0992. The predicted octanol–water partition coefficient (Wildman–Crippen LogP) is 0.552. The lowest BCUT2D eigenvalue weighted by atomic mass is 10.1. The van der Waals surface area contributed by atoms with Crippen molar-refractivity contribution in [3.63, 3.8) is 0 Å². The van der Waals surface area contributed by atoms with Crippen molar-refractivity contribution in [3.05, 3.63) is 16.1 Å². The minimum Gasteiger partial charge on any atom is -0.376 e. The Balaban J connectivity index is 1.94. The third-order valence-corrected chi connectivity index (χ3v) is 3.74. The second-order valence-electron chi connectivity index (χ2n) is 4.11. The molecule has 0 bridgehead atoms. The molecular formula is C11H17N3O2S. The van der Waals surface area contributed by atoms with E-state index in [9.17, 15) is 4.79 Å². The van der Waals surface area contributed by atoms with Gasteiger partial charge in [-0.2, -0.15) is 0 Å². The van der Waals surface area contributed by atoms with E-state index in [0.29, 0.717) is 18.8 Å². The molecule has 0 aromatic carbocycles. The number of rotatable bonds is 4. The first kappa shape index (κ1) is 12.5. The van der Waals surface area contributed by atoms with Crippen LogP contribution in [0, 0.1) is 0 Å². The maximum atomic E-state index is 11.9. The Morgan fingerprint density at radius 1 is 1.76 bits per heavy atom. The van der Waals surface area contributed by atoms with Crippen LogP contribution in [0.3, 0.4) is 0 Å². The molecule has 5 nitrogen and oxygen atoms in total. The number of amides is 1. The van der Waals surface area contributed by atoms with Crippen LogP contribution in [0.1, 0.15) is 28.8 Å². The van der Waals surface area contributed by atoms with Crippen molar-refractivity contribution in [2.75, 3.05) is 13.2 Å². The first-order chi connectivity index (χ1) is 8.20. The van der Waals surface area contributed by atoms with Gasteiger partial charge in [-0.1, -0.05) is 0 Å². The van der Waals surface area contributed by atoms with Gasteiger partial charge in [-0.05, 0) is 19.9 Å². The molecule has 0 saturated carbocycles. The minimum atomic E-state index is -0.119. The van der Waals surface area contributed by atoms with Crippen LogP contribution >= 0.6 is 11.3 Å². The van der Waals surface area contributed by atoms with E-state index in [1.165, 1.54) is 11.3 Å². The Morgan fingerprint density at radius 3 is 3.24 bits per heavy atom. The van der Waals surface area contributed by atoms with Crippen LogP contribution in [0.4, 0.5) is 0 Å². The topological polar surface area (TPSA) is 77.2 Å². The first-order valence-electron chi connectivity index (χ1n) is 5.77. The molecule has 2 unspecified atom stereocenters. The lowest BCUT2D eigenvalue weighted by molar-refractivity contribution is 0.0862. The summed E-state index contributed by atoms with van der Waals surface area (Å²) in [6.45, 7) is 3.24. The van der Waals surface area contributed by atoms with E-state index in [2.05, 4.69) is 10.3 Å². The van der Waals surface area contributed by atoms with Gasteiger partial charge in [0.2, 0.25) is 0 Å². The fourth-order valence-electron chi connectivity index (χ4n) is 1.82. The van der Waals surface area contributed by atoms with Crippen LogP contribution in [-0.4, -0.2) is 36.2 Å². The van der Waals surface area contributed by atoms with E-state index in [1.807, 2.05) is 6.92 Å². The SMILES string of the molecule is CC1OCCC1NC(=O)c1csc(CCN)n1. The van der Waals surface area contributed by atoms with Gasteiger partial charge in [-0.25, -0.2) is 4.98 Å². The standard InChI is InChI=1S/C11H17N3O2S/c1-7-8(3-5-16-7)14-11(15)9-6-17-10(13-9)2-4-12/h6-8H,2-5,12H2,1H3,(H,14,15). The maximum Gasteiger partial charge on any atom is 0.271 e. The molecule has 1 saturated heterocycles. The lowest BCUT2D eigenvalue weighted by Crippen LogP contribution is -2.39. The van der Waals surface area contributed by atoms with Gasteiger partial charge in [0, 0.05) is 18.4 Å². The average molecular weight is 255 g/mol. The van der Waals surface area contributed by atoms with Crippen LogP contribution in [-0.2, 0) is 11.2 Å². The van der Waals surface area contributed by atoms with Gasteiger partial charge < -0.3 is 15.8 Å². The van der Waals surface area contributed by atoms with Gasteiger partial charge in [-0.3, -0.25) is 4.79 Å². The van der Waals surface area contributed by atoms with Crippen LogP contribution < -0.4 is 11.1 Å². The number of ether oxygens (including phenoxy) is 1. The number of nitrogens with one attached hydrogen (secondary N) is 1. The Bertz CT molecular complexity index is 394. The Hall–Kier alpha value is -0.980. The van der Waals surface area contributed by atoms with Crippen LogP contribution in [0.15, 0.2) is 5.38 Å². The largest absolute Gasteiger partial charge is 0.376 e. The van der Waals surface area contributed by atoms with E-state index >= 15 is 0 Å². The summed E-state index contributed by atoms with van der Waals surface area (Å²) >= 11 is 1.48. The van der Waals surface area contributed by atoms with Gasteiger partial charge >= 0.3 is 0 Å². The van der Waals surface area contributed by atoms with Crippen molar-refractivity contribution in [2.24, 2.45) is 5.73 Å². The second-order valence-corrected chi connectivity index (χ2v) is 5.05. The molecule has 1 amide bonds. The van der Waals surface area contributed by atoms with E-state index in [4.69, 9.17) is 10.5 Å². The van der Waals surface area contributed by atoms with Crippen molar-refractivity contribution in [1.82, 2.24) is 10.3 Å². The third-order valence-electron chi connectivity index (χ3n) is 2.84. The Kier molecular flexibility index (Phi) is 4.09. The van der Waals surface area contributed by atoms with Gasteiger partial charge in [0.1, 0.15) is 5.69 Å². The monoisotopic (exact) mass is 255 g/mol. The average Bonchev–Trinajstić information content (AvgIpc) is 2.90. The maximum absolute atomic E-state index is 11.9. The molecule has 6 heteroatoms. The number of carbonyl (C=O) groups excluding carboxylic acids is 1. The summed E-state index contributed by atoms with van der Waals surface area (Å²) in [5.41, 5.74) is 5.93. The molecule has 3 N–H and O–H groups in total. The Labute approximate surface area is 104 Å². The van der Waals surface area contributed by atoms with Gasteiger partial charge in [0.15, 0.2) is 0 Å². The number of hydrogen-bond acceptors (Lipinski definition) is 5. The molecule has 0 aliphatic carbocycles. The lowest BCUT2D eigenvalue weighted by Gasteiger charge is -2.14. The number of thiazole rings is 1. The molecule has 1 fully saturated rings. The minimum absolute atomic E-state index is 0.0843. The summed E-state index contributed by atoms with van der Waals surface area (Å²) in [7, 11) is 0. The fraction of sp³-hybridized carbons (Fsp3) is 0.636. The highest BCUT2D eigenvalue weighted by Gasteiger charge is 2.26. The number of nitrogens with two attached hydrogens (primary N) is 1. The van der Waals surface area contributed by atoms with E-state index in [1.54, 1.807) is 5.38 Å². The van der Waals surface area contributed by atoms with E-state index < -0.39 is 0 Å². The predicted molar refractivity (Wildman–Crippen MR) is 66.2 cm³/mol. The summed E-state index contributed by atoms with van der Waals surface area (Å²) in [5, 5.41) is 5.64. The van der Waals surface area contributed by atoms with Crippen molar-refractivity contribution in [1.29, 1.82) is 0 Å². The van der Waals surface area contributed by atoms with Crippen molar-refractivity contribution in [3.8, 4) is 0 Å². The molecule has 2 heterocycles. The van der Waals surface area contributed by atoms with E-state index in [-0.39, 0.29) is 18.1 Å². The molecule has 94 valence electrons. The number of carbonyl (C=O) groups is 1. The third kappa shape index (κ3) is 3.02. The van der Waals surface area contributed by atoms with Gasteiger partial charge in [-0.15, -0.1) is 11.3 Å². The molecule has 1 aromatic rings. The summed E-state index contributed by atoms with van der Waals surface area (Å²) < 4.78 is 5.40. The van der Waals surface area contributed by atoms with Crippen LogP contribution in [0.2, 0.25) is 0 Å². The smallest absolute Gasteiger partial charge is 0.271 e. The van der Waals surface area contributed by atoms with E-state index in [0.717, 1.165) is 17.8 Å². The highest BCUT2D eigenvalue weighted by molar-refractivity contribution is 7.09. The highest BCUT2D eigenvalue weighted by Crippen LogP contribution is 2.14. The first-order valence-corrected chi connectivity index (χ1v) is 6.65. The molecular weight excluding hydrogens is 238 g/mol. The number of aromatic nitrogens is 1. The molecule has 0 spiro atoms. The van der Waals surface area contributed by atoms with Crippen LogP contribution in [0.5, 0.6) is 0 Å². The molecule has 1 aliphatic heterocycles.